The van der Waals surface area contributed by atoms with Crippen LogP contribution in [0.25, 0.3) is 0 Å². The van der Waals surface area contributed by atoms with Gasteiger partial charge in [-0.2, -0.15) is 0 Å². The SMILES string of the molecule is Cc1cccc(C)c1NC(=O)c1ccc(Cl)cn1. The Kier molecular flexibility index (Phi) is 3.63. The van der Waals surface area contributed by atoms with Crippen LogP contribution in [0.2, 0.25) is 5.02 Å². The molecule has 0 bridgehead atoms. The Morgan fingerprint density at radius 2 is 1.83 bits per heavy atom. The molecule has 4 heteroatoms. The quantitative estimate of drug-likeness (QED) is 0.896. The molecule has 0 radical (unpaired) electrons. The Bertz CT molecular complexity index is 559. The molecule has 0 atom stereocenters. The van der Waals surface area contributed by atoms with Gasteiger partial charge in [-0.05, 0) is 37.1 Å². The number of hydrogen-bond acceptors (Lipinski definition) is 2. The minimum atomic E-state index is -0.232. The fourth-order valence-electron chi connectivity index (χ4n) is 1.70. The highest BCUT2D eigenvalue weighted by atomic mass is 35.5. The number of anilines is 1. The maximum absolute atomic E-state index is 12.0. The third-order valence-corrected chi connectivity index (χ3v) is 2.90. The number of para-hydroxylation sites is 1. The molecule has 92 valence electrons. The number of pyridine rings is 1. The maximum atomic E-state index is 12.0. The summed E-state index contributed by atoms with van der Waals surface area (Å²) in [5.74, 6) is -0.232. The first-order valence-electron chi connectivity index (χ1n) is 5.57. The molecule has 0 saturated carbocycles. The van der Waals surface area contributed by atoms with Gasteiger partial charge in [0.05, 0.1) is 5.02 Å². The Balaban J connectivity index is 2.24. The summed E-state index contributed by atoms with van der Waals surface area (Å²) in [6.07, 6.45) is 1.46. The van der Waals surface area contributed by atoms with Crippen LogP contribution >= 0.6 is 11.6 Å². The number of hydrogen-bond donors (Lipinski definition) is 1. The van der Waals surface area contributed by atoms with Gasteiger partial charge in [0.25, 0.3) is 5.91 Å². The highest BCUT2D eigenvalue weighted by Gasteiger charge is 2.10. The van der Waals surface area contributed by atoms with Crippen molar-refractivity contribution in [3.8, 4) is 0 Å². The lowest BCUT2D eigenvalue weighted by atomic mass is 10.1. The summed E-state index contributed by atoms with van der Waals surface area (Å²) in [5.41, 5.74) is 3.23. The third kappa shape index (κ3) is 2.68. The Labute approximate surface area is 111 Å². The van der Waals surface area contributed by atoms with E-state index in [0.717, 1.165) is 16.8 Å². The molecule has 2 aromatic rings. The van der Waals surface area contributed by atoms with Crippen LogP contribution in [0.5, 0.6) is 0 Å². The van der Waals surface area contributed by atoms with Gasteiger partial charge < -0.3 is 5.32 Å². The molecule has 0 spiro atoms. The first-order valence-corrected chi connectivity index (χ1v) is 5.95. The van der Waals surface area contributed by atoms with E-state index >= 15 is 0 Å². The van der Waals surface area contributed by atoms with E-state index in [4.69, 9.17) is 11.6 Å². The zero-order valence-corrected chi connectivity index (χ0v) is 11.0. The van der Waals surface area contributed by atoms with Crippen molar-refractivity contribution in [3.05, 3.63) is 58.4 Å². The van der Waals surface area contributed by atoms with Crippen LogP contribution in [-0.2, 0) is 0 Å². The number of nitrogens with zero attached hydrogens (tertiary/aromatic N) is 1. The summed E-state index contributed by atoms with van der Waals surface area (Å²) in [5, 5.41) is 3.38. The van der Waals surface area contributed by atoms with Crippen molar-refractivity contribution in [1.29, 1.82) is 0 Å². The van der Waals surface area contributed by atoms with Gasteiger partial charge in [-0.3, -0.25) is 4.79 Å². The van der Waals surface area contributed by atoms with Crippen molar-refractivity contribution in [2.24, 2.45) is 0 Å². The topological polar surface area (TPSA) is 42.0 Å². The summed E-state index contributed by atoms with van der Waals surface area (Å²) < 4.78 is 0. The van der Waals surface area contributed by atoms with E-state index in [1.165, 1.54) is 6.20 Å². The molecule has 1 heterocycles. The number of carbonyl (C=O) groups is 1. The van der Waals surface area contributed by atoms with Gasteiger partial charge in [0.15, 0.2) is 0 Å². The highest BCUT2D eigenvalue weighted by molar-refractivity contribution is 6.30. The average Bonchev–Trinajstić information content (AvgIpc) is 2.34. The number of rotatable bonds is 2. The van der Waals surface area contributed by atoms with Crippen molar-refractivity contribution in [2.75, 3.05) is 5.32 Å². The van der Waals surface area contributed by atoms with Crippen LogP contribution in [0.15, 0.2) is 36.5 Å². The fraction of sp³-hybridized carbons (Fsp3) is 0.143. The third-order valence-electron chi connectivity index (χ3n) is 2.68. The first-order chi connectivity index (χ1) is 8.58. The van der Waals surface area contributed by atoms with Gasteiger partial charge in [0.1, 0.15) is 5.69 Å². The van der Waals surface area contributed by atoms with Gasteiger partial charge in [-0.15, -0.1) is 0 Å². The molecule has 18 heavy (non-hydrogen) atoms. The molecule has 0 unspecified atom stereocenters. The molecular weight excluding hydrogens is 248 g/mol. The second-order valence-corrected chi connectivity index (χ2v) is 4.52. The predicted octanol–water partition coefficient (Wildman–Crippen LogP) is 3.60. The van der Waals surface area contributed by atoms with Crippen LogP contribution in [0.1, 0.15) is 21.6 Å². The summed E-state index contributed by atoms with van der Waals surface area (Å²) in [4.78, 5) is 16.0. The molecule has 3 nitrogen and oxygen atoms in total. The molecule has 2 rings (SSSR count). The molecular formula is C14H13ClN2O. The summed E-state index contributed by atoms with van der Waals surface area (Å²) in [7, 11) is 0. The second-order valence-electron chi connectivity index (χ2n) is 4.08. The first kappa shape index (κ1) is 12.6. The monoisotopic (exact) mass is 260 g/mol. The number of halogens is 1. The molecule has 1 amide bonds. The van der Waals surface area contributed by atoms with Crippen LogP contribution in [0, 0.1) is 13.8 Å². The minimum absolute atomic E-state index is 0.232. The lowest BCUT2D eigenvalue weighted by molar-refractivity contribution is 0.102. The van der Waals surface area contributed by atoms with Gasteiger partial charge in [0.2, 0.25) is 0 Å². The summed E-state index contributed by atoms with van der Waals surface area (Å²) >= 11 is 5.73. The van der Waals surface area contributed by atoms with Gasteiger partial charge >= 0.3 is 0 Å². The number of benzene rings is 1. The fourth-order valence-corrected chi connectivity index (χ4v) is 1.81. The standard InChI is InChI=1S/C14H13ClN2O/c1-9-4-3-5-10(2)13(9)17-14(18)12-7-6-11(15)8-16-12/h3-8H,1-2H3,(H,17,18). The molecule has 0 aliphatic heterocycles. The number of carbonyl (C=O) groups excluding carboxylic acids is 1. The van der Waals surface area contributed by atoms with E-state index in [0.29, 0.717) is 10.7 Å². The molecule has 1 aromatic heterocycles. The zero-order valence-electron chi connectivity index (χ0n) is 10.2. The maximum Gasteiger partial charge on any atom is 0.274 e. The Hall–Kier alpha value is -1.87. The minimum Gasteiger partial charge on any atom is -0.320 e. The molecule has 1 N–H and O–H groups in total. The normalized spacial score (nSPS) is 10.2. The summed E-state index contributed by atoms with van der Waals surface area (Å²) in [6.45, 7) is 3.91. The average molecular weight is 261 g/mol. The number of amides is 1. The molecule has 1 aromatic carbocycles. The van der Waals surface area contributed by atoms with Crippen molar-refractivity contribution in [3.63, 3.8) is 0 Å². The lowest BCUT2D eigenvalue weighted by Crippen LogP contribution is -2.15. The van der Waals surface area contributed by atoms with Gasteiger partial charge in [0, 0.05) is 11.9 Å². The largest absolute Gasteiger partial charge is 0.320 e. The van der Waals surface area contributed by atoms with E-state index in [1.807, 2.05) is 32.0 Å². The van der Waals surface area contributed by atoms with E-state index in [-0.39, 0.29) is 5.91 Å². The van der Waals surface area contributed by atoms with Crippen LogP contribution < -0.4 is 5.32 Å². The predicted molar refractivity (Wildman–Crippen MR) is 73.1 cm³/mol. The lowest BCUT2D eigenvalue weighted by Gasteiger charge is -2.10. The Morgan fingerprint density at radius 3 is 2.39 bits per heavy atom. The Morgan fingerprint density at radius 1 is 1.17 bits per heavy atom. The second kappa shape index (κ2) is 5.19. The number of aromatic nitrogens is 1. The van der Waals surface area contributed by atoms with Crippen LogP contribution in [0.3, 0.4) is 0 Å². The molecule has 0 aliphatic carbocycles. The van der Waals surface area contributed by atoms with Gasteiger partial charge in [-0.1, -0.05) is 29.8 Å². The smallest absolute Gasteiger partial charge is 0.274 e. The van der Waals surface area contributed by atoms with Crippen LogP contribution in [0.4, 0.5) is 5.69 Å². The van der Waals surface area contributed by atoms with E-state index in [1.54, 1.807) is 12.1 Å². The number of nitrogens with one attached hydrogen (secondary N) is 1. The van der Waals surface area contributed by atoms with E-state index < -0.39 is 0 Å². The molecule has 0 aliphatic rings. The van der Waals surface area contributed by atoms with Gasteiger partial charge in [-0.25, -0.2) is 4.98 Å². The van der Waals surface area contributed by atoms with E-state index in [2.05, 4.69) is 10.3 Å². The highest BCUT2D eigenvalue weighted by Crippen LogP contribution is 2.20. The van der Waals surface area contributed by atoms with Crippen molar-refractivity contribution in [2.45, 2.75) is 13.8 Å². The number of aryl methyl sites for hydroxylation is 2. The zero-order chi connectivity index (χ0) is 13.1. The molecule has 0 saturated heterocycles. The van der Waals surface area contributed by atoms with Crippen molar-refractivity contribution in [1.82, 2.24) is 4.98 Å². The van der Waals surface area contributed by atoms with Crippen molar-refractivity contribution >= 4 is 23.2 Å². The van der Waals surface area contributed by atoms with Crippen molar-refractivity contribution < 1.29 is 4.79 Å². The van der Waals surface area contributed by atoms with E-state index in [9.17, 15) is 4.79 Å². The molecule has 0 fully saturated rings. The van der Waals surface area contributed by atoms with Crippen LogP contribution in [-0.4, -0.2) is 10.9 Å². The summed E-state index contributed by atoms with van der Waals surface area (Å²) in [6, 6.07) is 9.12.